The molecule has 1 aromatic heterocycles. The standard InChI is InChI=1S/C11H12FIN2/c1-3-7(2)15-10-5-4-8(12)6-9(10)11(13)14-15/h4-7H,3H2,1-2H3/t7-/m0/s1. The molecular weight excluding hydrogens is 306 g/mol. The lowest BCUT2D eigenvalue weighted by molar-refractivity contribution is 0.490. The van der Waals surface area contributed by atoms with Gasteiger partial charge >= 0.3 is 0 Å². The van der Waals surface area contributed by atoms with Crippen LogP contribution in [-0.2, 0) is 0 Å². The molecule has 0 unspecified atom stereocenters. The minimum atomic E-state index is -0.205. The van der Waals surface area contributed by atoms with Crippen molar-refractivity contribution in [2.75, 3.05) is 0 Å². The van der Waals surface area contributed by atoms with Gasteiger partial charge in [-0.25, -0.2) is 4.39 Å². The number of benzene rings is 1. The van der Waals surface area contributed by atoms with Crippen LogP contribution in [0.5, 0.6) is 0 Å². The molecule has 0 N–H and O–H groups in total. The Morgan fingerprint density at radius 2 is 2.27 bits per heavy atom. The molecule has 0 amide bonds. The summed E-state index contributed by atoms with van der Waals surface area (Å²) in [5, 5.41) is 5.34. The molecule has 4 heteroatoms. The minimum Gasteiger partial charge on any atom is -0.261 e. The molecule has 2 rings (SSSR count). The van der Waals surface area contributed by atoms with E-state index in [-0.39, 0.29) is 5.82 Å². The van der Waals surface area contributed by atoms with E-state index in [1.165, 1.54) is 6.07 Å². The molecular formula is C11H12FIN2. The zero-order valence-electron chi connectivity index (χ0n) is 8.67. The van der Waals surface area contributed by atoms with Gasteiger partial charge in [0.25, 0.3) is 0 Å². The topological polar surface area (TPSA) is 17.8 Å². The fraction of sp³-hybridized carbons (Fsp3) is 0.364. The molecule has 1 atom stereocenters. The van der Waals surface area contributed by atoms with Gasteiger partial charge in [0.15, 0.2) is 0 Å². The summed E-state index contributed by atoms with van der Waals surface area (Å²) in [4.78, 5) is 0. The fourth-order valence-electron chi connectivity index (χ4n) is 1.58. The maximum Gasteiger partial charge on any atom is 0.131 e. The van der Waals surface area contributed by atoms with Crippen LogP contribution in [0.15, 0.2) is 18.2 Å². The monoisotopic (exact) mass is 318 g/mol. The van der Waals surface area contributed by atoms with Gasteiger partial charge in [-0.15, -0.1) is 0 Å². The van der Waals surface area contributed by atoms with Crippen LogP contribution in [-0.4, -0.2) is 9.78 Å². The largest absolute Gasteiger partial charge is 0.261 e. The third-order valence-corrected chi connectivity index (χ3v) is 3.43. The summed E-state index contributed by atoms with van der Waals surface area (Å²) in [5.41, 5.74) is 1.01. The van der Waals surface area contributed by atoms with Gasteiger partial charge in [-0.05, 0) is 54.1 Å². The second-order valence-electron chi connectivity index (χ2n) is 3.65. The molecule has 0 spiro atoms. The molecule has 2 aromatic rings. The highest BCUT2D eigenvalue weighted by Crippen LogP contribution is 2.24. The summed E-state index contributed by atoms with van der Waals surface area (Å²) in [7, 11) is 0. The molecule has 0 saturated heterocycles. The van der Waals surface area contributed by atoms with Gasteiger partial charge in [0.05, 0.1) is 5.52 Å². The van der Waals surface area contributed by atoms with Crippen molar-refractivity contribution in [2.24, 2.45) is 0 Å². The number of rotatable bonds is 2. The first kappa shape index (κ1) is 10.9. The van der Waals surface area contributed by atoms with E-state index in [2.05, 4.69) is 41.5 Å². The third kappa shape index (κ3) is 1.87. The Morgan fingerprint density at radius 3 is 2.93 bits per heavy atom. The van der Waals surface area contributed by atoms with E-state index in [0.717, 1.165) is 21.0 Å². The Balaban J connectivity index is 2.68. The molecule has 0 aliphatic carbocycles. The second kappa shape index (κ2) is 4.08. The number of fused-ring (bicyclic) bond motifs is 1. The van der Waals surface area contributed by atoms with Crippen molar-refractivity contribution >= 4 is 33.5 Å². The lowest BCUT2D eigenvalue weighted by atomic mass is 10.2. The van der Waals surface area contributed by atoms with Crippen LogP contribution in [0, 0.1) is 9.52 Å². The molecule has 15 heavy (non-hydrogen) atoms. The van der Waals surface area contributed by atoms with Crippen molar-refractivity contribution in [3.63, 3.8) is 0 Å². The zero-order chi connectivity index (χ0) is 11.0. The van der Waals surface area contributed by atoms with E-state index in [4.69, 9.17) is 0 Å². The van der Waals surface area contributed by atoms with Gasteiger partial charge in [-0.2, -0.15) is 5.10 Å². The van der Waals surface area contributed by atoms with Crippen LogP contribution >= 0.6 is 22.6 Å². The molecule has 0 saturated carbocycles. The SMILES string of the molecule is CC[C@H](C)n1nc(I)c2cc(F)ccc21. The van der Waals surface area contributed by atoms with Gasteiger partial charge in [-0.3, -0.25) is 4.68 Å². The summed E-state index contributed by atoms with van der Waals surface area (Å²) in [6.07, 6.45) is 1.02. The average molecular weight is 318 g/mol. The summed E-state index contributed by atoms with van der Waals surface area (Å²) in [6, 6.07) is 5.18. The summed E-state index contributed by atoms with van der Waals surface area (Å²) in [6.45, 7) is 4.24. The first-order valence-corrected chi connectivity index (χ1v) is 6.04. The van der Waals surface area contributed by atoms with Crippen molar-refractivity contribution in [2.45, 2.75) is 26.3 Å². The van der Waals surface area contributed by atoms with Gasteiger partial charge in [-0.1, -0.05) is 6.92 Å². The van der Waals surface area contributed by atoms with Crippen LogP contribution in [0.1, 0.15) is 26.3 Å². The Labute approximate surface area is 102 Å². The van der Waals surface area contributed by atoms with Crippen molar-refractivity contribution in [3.8, 4) is 0 Å². The van der Waals surface area contributed by atoms with Gasteiger partial charge in [0.2, 0.25) is 0 Å². The highest BCUT2D eigenvalue weighted by Gasteiger charge is 2.12. The van der Waals surface area contributed by atoms with E-state index >= 15 is 0 Å². The van der Waals surface area contributed by atoms with Crippen LogP contribution in [0.3, 0.4) is 0 Å². The fourth-order valence-corrected chi connectivity index (χ4v) is 2.25. The number of nitrogens with zero attached hydrogens (tertiary/aromatic N) is 2. The van der Waals surface area contributed by atoms with E-state index < -0.39 is 0 Å². The third-order valence-electron chi connectivity index (χ3n) is 2.63. The van der Waals surface area contributed by atoms with Crippen molar-refractivity contribution in [1.29, 1.82) is 0 Å². The highest BCUT2D eigenvalue weighted by atomic mass is 127. The minimum absolute atomic E-state index is 0.205. The van der Waals surface area contributed by atoms with Gasteiger partial charge in [0.1, 0.15) is 9.52 Å². The molecule has 1 heterocycles. The van der Waals surface area contributed by atoms with E-state index in [1.54, 1.807) is 12.1 Å². The Kier molecular flexibility index (Phi) is 2.95. The zero-order valence-corrected chi connectivity index (χ0v) is 10.8. The second-order valence-corrected chi connectivity index (χ2v) is 4.68. The predicted molar refractivity (Wildman–Crippen MR) is 67.4 cm³/mol. The number of halogens is 2. The molecule has 0 bridgehead atoms. The lowest BCUT2D eigenvalue weighted by Gasteiger charge is -2.10. The maximum absolute atomic E-state index is 13.1. The Hall–Kier alpha value is -0.650. The molecule has 0 aliphatic rings. The molecule has 80 valence electrons. The normalized spacial score (nSPS) is 13.3. The van der Waals surface area contributed by atoms with Crippen molar-refractivity contribution in [3.05, 3.63) is 27.7 Å². The molecule has 1 aromatic carbocycles. The van der Waals surface area contributed by atoms with E-state index in [9.17, 15) is 4.39 Å². The number of aromatic nitrogens is 2. The molecule has 0 fully saturated rings. The first-order chi connectivity index (χ1) is 7.13. The van der Waals surface area contributed by atoms with Crippen LogP contribution in [0.4, 0.5) is 4.39 Å². The van der Waals surface area contributed by atoms with Gasteiger partial charge < -0.3 is 0 Å². The lowest BCUT2D eigenvalue weighted by Crippen LogP contribution is -2.05. The summed E-state index contributed by atoms with van der Waals surface area (Å²) < 4.78 is 15.9. The molecule has 0 aliphatic heterocycles. The smallest absolute Gasteiger partial charge is 0.131 e. The highest BCUT2D eigenvalue weighted by molar-refractivity contribution is 14.1. The van der Waals surface area contributed by atoms with Crippen LogP contribution < -0.4 is 0 Å². The number of hydrogen-bond donors (Lipinski definition) is 0. The van der Waals surface area contributed by atoms with E-state index in [1.807, 2.05) is 4.68 Å². The predicted octanol–water partition coefficient (Wildman–Crippen LogP) is 3.75. The van der Waals surface area contributed by atoms with Crippen LogP contribution in [0.2, 0.25) is 0 Å². The average Bonchev–Trinajstić information content (AvgIpc) is 2.55. The van der Waals surface area contributed by atoms with Crippen LogP contribution in [0.25, 0.3) is 10.9 Å². The Morgan fingerprint density at radius 1 is 1.53 bits per heavy atom. The molecule has 2 nitrogen and oxygen atoms in total. The maximum atomic E-state index is 13.1. The van der Waals surface area contributed by atoms with Crippen molar-refractivity contribution in [1.82, 2.24) is 9.78 Å². The molecule has 0 radical (unpaired) electrons. The summed E-state index contributed by atoms with van der Waals surface area (Å²) in [5.74, 6) is -0.205. The van der Waals surface area contributed by atoms with E-state index in [0.29, 0.717) is 6.04 Å². The summed E-state index contributed by atoms with van der Waals surface area (Å²) >= 11 is 2.15. The first-order valence-electron chi connectivity index (χ1n) is 4.96. The van der Waals surface area contributed by atoms with Crippen molar-refractivity contribution < 1.29 is 4.39 Å². The Bertz CT molecular complexity index is 493. The quantitative estimate of drug-likeness (QED) is 0.771. The number of hydrogen-bond acceptors (Lipinski definition) is 1. The van der Waals surface area contributed by atoms with Gasteiger partial charge in [0, 0.05) is 11.4 Å².